The number of imide groups is 2. The molecule has 0 aliphatic carbocycles. The highest BCUT2D eigenvalue weighted by atomic mass is 79.9. The van der Waals surface area contributed by atoms with Gasteiger partial charge in [-0.1, -0.05) is 15.9 Å². The molecule has 0 bridgehead atoms. The first-order valence-electron chi connectivity index (χ1n) is 6.27. The third kappa shape index (κ3) is 2.98. The zero-order chi connectivity index (χ0) is 16.4. The number of anilines is 1. The normalized spacial score (nSPS) is 14.8. The fraction of sp³-hybridized carbons (Fsp3) is 0.231. The van der Waals surface area contributed by atoms with Gasteiger partial charge in [-0.3, -0.25) is 19.3 Å². The Balaban J connectivity index is 2.08. The van der Waals surface area contributed by atoms with Crippen molar-refractivity contribution in [2.24, 2.45) is 0 Å². The first kappa shape index (κ1) is 16.1. The molecular weight excluding hydrogens is 361 g/mol. The smallest absolute Gasteiger partial charge is 0.322 e. The predicted octanol–water partition coefficient (Wildman–Crippen LogP) is 1.34. The average Bonchev–Trinajstić information content (AvgIpc) is 2.66. The van der Waals surface area contributed by atoms with Crippen LogP contribution in [0.1, 0.15) is 6.92 Å². The summed E-state index contributed by atoms with van der Waals surface area (Å²) in [4.78, 5) is 48.0. The van der Waals surface area contributed by atoms with E-state index in [1.165, 1.54) is 19.1 Å². The highest BCUT2D eigenvalue weighted by molar-refractivity contribution is 9.10. The van der Waals surface area contributed by atoms with Crippen molar-refractivity contribution in [2.45, 2.75) is 6.92 Å². The monoisotopic (exact) mass is 371 g/mol. The molecule has 1 aliphatic rings. The van der Waals surface area contributed by atoms with Gasteiger partial charge in [0.2, 0.25) is 5.91 Å². The molecule has 0 radical (unpaired) electrons. The molecule has 1 aliphatic heterocycles. The molecule has 1 N–H and O–H groups in total. The Morgan fingerprint density at radius 3 is 2.41 bits per heavy atom. The van der Waals surface area contributed by atoms with Crippen LogP contribution in [0.15, 0.2) is 22.7 Å². The number of carbonyl (C=O) groups excluding carboxylic acids is 4. The molecule has 1 heterocycles. The van der Waals surface area contributed by atoms with Gasteiger partial charge in [-0.25, -0.2) is 14.1 Å². The first-order valence-corrected chi connectivity index (χ1v) is 7.06. The number of benzene rings is 1. The second-order valence-electron chi connectivity index (χ2n) is 4.40. The fourth-order valence-electron chi connectivity index (χ4n) is 1.89. The molecule has 1 fully saturated rings. The molecule has 5 amide bonds. The van der Waals surface area contributed by atoms with Gasteiger partial charge in [-0.15, -0.1) is 0 Å². The van der Waals surface area contributed by atoms with Crippen LogP contribution in [0.5, 0.6) is 0 Å². The lowest BCUT2D eigenvalue weighted by molar-refractivity contribution is -0.143. The van der Waals surface area contributed by atoms with Gasteiger partial charge in [-0.05, 0) is 25.1 Å². The molecule has 22 heavy (non-hydrogen) atoms. The van der Waals surface area contributed by atoms with Gasteiger partial charge in [-0.2, -0.15) is 0 Å². The van der Waals surface area contributed by atoms with E-state index in [9.17, 15) is 23.6 Å². The molecule has 2 rings (SSSR count). The van der Waals surface area contributed by atoms with Crippen LogP contribution in [-0.2, 0) is 14.4 Å². The quantitative estimate of drug-likeness (QED) is 0.638. The fourth-order valence-corrected chi connectivity index (χ4v) is 2.23. The van der Waals surface area contributed by atoms with Gasteiger partial charge in [0.05, 0.1) is 5.69 Å². The van der Waals surface area contributed by atoms with Crippen LogP contribution in [0.3, 0.4) is 0 Å². The molecule has 1 saturated heterocycles. The summed E-state index contributed by atoms with van der Waals surface area (Å²) < 4.78 is 14.1. The second kappa shape index (κ2) is 6.22. The zero-order valence-corrected chi connectivity index (χ0v) is 13.0. The maximum Gasteiger partial charge on any atom is 0.334 e. The van der Waals surface area contributed by atoms with E-state index in [2.05, 4.69) is 21.2 Å². The van der Waals surface area contributed by atoms with Crippen molar-refractivity contribution in [3.8, 4) is 0 Å². The SMILES string of the molecule is CCN1C(=O)C(=O)N(CC(=O)Nc2ccc(Br)cc2F)C1=O. The van der Waals surface area contributed by atoms with E-state index in [0.717, 1.165) is 11.0 Å². The van der Waals surface area contributed by atoms with Gasteiger partial charge >= 0.3 is 17.8 Å². The molecule has 0 atom stereocenters. The van der Waals surface area contributed by atoms with Gasteiger partial charge in [0.25, 0.3) is 0 Å². The highest BCUT2D eigenvalue weighted by Crippen LogP contribution is 2.19. The van der Waals surface area contributed by atoms with Crippen LogP contribution < -0.4 is 5.32 Å². The first-order chi connectivity index (χ1) is 10.3. The van der Waals surface area contributed by atoms with E-state index in [1.807, 2.05) is 0 Å². The minimum Gasteiger partial charge on any atom is -0.322 e. The summed E-state index contributed by atoms with van der Waals surface area (Å²) in [6.07, 6.45) is 0. The highest BCUT2D eigenvalue weighted by Gasteiger charge is 2.44. The number of hydrogen-bond acceptors (Lipinski definition) is 4. The van der Waals surface area contributed by atoms with Gasteiger partial charge in [0, 0.05) is 11.0 Å². The number of nitrogens with zero attached hydrogens (tertiary/aromatic N) is 2. The third-order valence-corrected chi connectivity index (χ3v) is 3.45. The van der Waals surface area contributed by atoms with Gasteiger partial charge in [0.15, 0.2) is 0 Å². The van der Waals surface area contributed by atoms with E-state index in [4.69, 9.17) is 0 Å². The number of halogens is 2. The van der Waals surface area contributed by atoms with Crippen molar-refractivity contribution in [3.05, 3.63) is 28.5 Å². The van der Waals surface area contributed by atoms with Gasteiger partial charge in [0.1, 0.15) is 12.4 Å². The maximum atomic E-state index is 13.6. The molecule has 1 aromatic carbocycles. The van der Waals surface area contributed by atoms with Gasteiger partial charge < -0.3 is 5.32 Å². The van der Waals surface area contributed by atoms with E-state index >= 15 is 0 Å². The minimum atomic E-state index is -1.07. The lowest BCUT2D eigenvalue weighted by Gasteiger charge is -2.14. The van der Waals surface area contributed by atoms with Crippen molar-refractivity contribution in [1.82, 2.24) is 9.80 Å². The molecule has 1 aromatic rings. The van der Waals surface area contributed by atoms with Crippen LogP contribution in [0, 0.1) is 5.82 Å². The Morgan fingerprint density at radius 1 is 1.23 bits per heavy atom. The number of urea groups is 1. The standard InChI is InChI=1S/C13H11BrFN3O4/c1-2-17-11(20)12(21)18(13(17)22)6-10(19)16-9-4-3-7(14)5-8(9)15/h3-5H,2,6H2,1H3,(H,16,19). The Kier molecular flexibility index (Phi) is 4.55. The Hall–Kier alpha value is -2.29. The van der Waals surface area contributed by atoms with Crippen molar-refractivity contribution in [1.29, 1.82) is 0 Å². The molecule has 0 unspecified atom stereocenters. The molecule has 7 nitrogen and oxygen atoms in total. The number of rotatable bonds is 4. The summed E-state index contributed by atoms with van der Waals surface area (Å²) in [5, 5.41) is 2.24. The number of amides is 5. The topological polar surface area (TPSA) is 86.8 Å². The number of hydrogen-bond donors (Lipinski definition) is 1. The summed E-state index contributed by atoms with van der Waals surface area (Å²) in [5.41, 5.74) is -0.0917. The van der Waals surface area contributed by atoms with Crippen molar-refractivity contribution in [2.75, 3.05) is 18.4 Å². The largest absolute Gasteiger partial charge is 0.334 e. The number of likely N-dealkylation sites (N-methyl/N-ethyl adjacent to an activating group) is 1. The Bertz CT molecular complexity index is 679. The number of carbonyl (C=O) groups is 4. The predicted molar refractivity (Wildman–Crippen MR) is 77.2 cm³/mol. The van der Waals surface area contributed by atoms with Crippen LogP contribution >= 0.6 is 15.9 Å². The van der Waals surface area contributed by atoms with E-state index < -0.39 is 36.1 Å². The lowest BCUT2D eigenvalue weighted by atomic mass is 10.3. The summed E-state index contributed by atoms with van der Waals surface area (Å²) in [5.74, 6) is -3.50. The van der Waals surface area contributed by atoms with E-state index in [0.29, 0.717) is 9.37 Å². The molecule has 0 spiro atoms. The molecular formula is C13H11BrFN3O4. The van der Waals surface area contributed by atoms with Crippen LogP contribution in [0.25, 0.3) is 0 Å². The summed E-state index contributed by atoms with van der Waals surface area (Å²) in [6, 6.07) is 3.15. The van der Waals surface area contributed by atoms with Crippen molar-refractivity contribution >= 4 is 45.4 Å². The van der Waals surface area contributed by atoms with Crippen LogP contribution in [-0.4, -0.2) is 46.6 Å². The third-order valence-electron chi connectivity index (χ3n) is 2.96. The zero-order valence-electron chi connectivity index (χ0n) is 11.4. The second-order valence-corrected chi connectivity index (χ2v) is 5.31. The Morgan fingerprint density at radius 2 is 1.86 bits per heavy atom. The van der Waals surface area contributed by atoms with E-state index in [-0.39, 0.29) is 12.2 Å². The van der Waals surface area contributed by atoms with Crippen LogP contribution in [0.4, 0.5) is 14.9 Å². The molecule has 9 heteroatoms. The average molecular weight is 372 g/mol. The summed E-state index contributed by atoms with van der Waals surface area (Å²) in [7, 11) is 0. The summed E-state index contributed by atoms with van der Waals surface area (Å²) in [6.45, 7) is 0.905. The molecule has 0 aromatic heterocycles. The van der Waals surface area contributed by atoms with Crippen LogP contribution in [0.2, 0.25) is 0 Å². The van der Waals surface area contributed by atoms with Crippen molar-refractivity contribution < 1.29 is 23.6 Å². The lowest BCUT2D eigenvalue weighted by Crippen LogP contribution is -2.39. The number of nitrogens with one attached hydrogen (secondary N) is 1. The maximum absolute atomic E-state index is 13.6. The molecule has 0 saturated carbocycles. The minimum absolute atomic E-state index is 0.0306. The summed E-state index contributed by atoms with van der Waals surface area (Å²) >= 11 is 3.08. The Labute approximate surface area is 133 Å². The van der Waals surface area contributed by atoms with E-state index in [1.54, 1.807) is 0 Å². The van der Waals surface area contributed by atoms with Crippen molar-refractivity contribution in [3.63, 3.8) is 0 Å². The molecule has 116 valence electrons.